The topological polar surface area (TPSA) is 46.6 Å². The van der Waals surface area contributed by atoms with E-state index in [1.807, 2.05) is 0 Å². The number of nitrogens with zero attached hydrogens (tertiary/aromatic N) is 1. The van der Waals surface area contributed by atoms with E-state index in [2.05, 4.69) is 0 Å². The Morgan fingerprint density at radius 3 is 2.48 bits per heavy atom. The molecule has 3 aromatic rings. The molecule has 0 spiro atoms. The molecule has 0 saturated heterocycles. The summed E-state index contributed by atoms with van der Waals surface area (Å²) in [6.07, 6.45) is -4.67. The minimum Gasteiger partial charge on any atom is -0.489 e. The van der Waals surface area contributed by atoms with Gasteiger partial charge in [0.25, 0.3) is 10.0 Å². The normalized spacial score (nSPS) is 14.2. The van der Waals surface area contributed by atoms with Crippen molar-refractivity contribution in [1.29, 1.82) is 0 Å². The smallest absolute Gasteiger partial charge is 0.416 e. The van der Waals surface area contributed by atoms with Crippen LogP contribution in [0.25, 0.3) is 11.1 Å². The molecule has 0 atom stereocenters. The van der Waals surface area contributed by atoms with Crippen molar-refractivity contribution in [2.45, 2.75) is 18.0 Å². The zero-order valence-corrected chi connectivity index (χ0v) is 17.1. The van der Waals surface area contributed by atoms with Gasteiger partial charge in [-0.1, -0.05) is 24.3 Å². The molecule has 9 heteroatoms. The van der Waals surface area contributed by atoms with E-state index in [4.69, 9.17) is 4.74 Å². The SMILES string of the molecule is Cc1c(F)cccc1-c1ccc2c(c1)N(S(=O)(=O)c1cccc(C(F)(F)F)c1)CCO2. The van der Waals surface area contributed by atoms with Gasteiger partial charge in [-0.3, -0.25) is 4.31 Å². The van der Waals surface area contributed by atoms with Gasteiger partial charge in [-0.05, 0) is 60.0 Å². The van der Waals surface area contributed by atoms with Crippen LogP contribution >= 0.6 is 0 Å². The highest BCUT2D eigenvalue weighted by molar-refractivity contribution is 7.92. The summed E-state index contributed by atoms with van der Waals surface area (Å²) in [6, 6.07) is 13.0. The van der Waals surface area contributed by atoms with Crippen LogP contribution in [-0.2, 0) is 16.2 Å². The first-order valence-corrected chi connectivity index (χ1v) is 10.8. The molecule has 0 amide bonds. The predicted molar refractivity (Wildman–Crippen MR) is 108 cm³/mol. The van der Waals surface area contributed by atoms with E-state index < -0.39 is 32.5 Å². The van der Waals surface area contributed by atoms with Crippen LogP contribution in [0.2, 0.25) is 0 Å². The third-order valence-electron chi connectivity index (χ3n) is 5.11. The van der Waals surface area contributed by atoms with Crippen LogP contribution in [0.15, 0.2) is 65.6 Å². The molecule has 1 aliphatic heterocycles. The Labute approximate surface area is 176 Å². The number of sulfonamides is 1. The molecule has 4 nitrogen and oxygen atoms in total. The van der Waals surface area contributed by atoms with Gasteiger partial charge in [-0.2, -0.15) is 13.2 Å². The minimum absolute atomic E-state index is 0.0452. The number of hydrogen-bond donors (Lipinski definition) is 0. The molecule has 1 aliphatic rings. The third kappa shape index (κ3) is 3.85. The molecule has 4 rings (SSSR count). The van der Waals surface area contributed by atoms with E-state index in [1.165, 1.54) is 6.07 Å². The Morgan fingerprint density at radius 1 is 1.00 bits per heavy atom. The molecule has 162 valence electrons. The molecule has 0 bridgehead atoms. The lowest BCUT2D eigenvalue weighted by Crippen LogP contribution is -2.38. The summed E-state index contributed by atoms with van der Waals surface area (Å²) < 4.78 is 86.3. The summed E-state index contributed by atoms with van der Waals surface area (Å²) in [6.45, 7) is 1.58. The van der Waals surface area contributed by atoms with Crippen molar-refractivity contribution in [3.05, 3.63) is 77.6 Å². The van der Waals surface area contributed by atoms with Crippen LogP contribution in [0, 0.1) is 12.7 Å². The van der Waals surface area contributed by atoms with Gasteiger partial charge in [0.05, 0.1) is 22.7 Å². The lowest BCUT2D eigenvalue weighted by atomic mass is 9.99. The second-order valence-electron chi connectivity index (χ2n) is 7.05. The zero-order valence-electron chi connectivity index (χ0n) is 16.3. The molecule has 0 saturated carbocycles. The van der Waals surface area contributed by atoms with Crippen LogP contribution in [0.4, 0.5) is 23.2 Å². The molecule has 0 unspecified atom stereocenters. The third-order valence-corrected chi connectivity index (χ3v) is 6.92. The predicted octanol–water partition coefficient (Wildman–Crippen LogP) is 5.41. The highest BCUT2D eigenvalue weighted by Gasteiger charge is 2.34. The van der Waals surface area contributed by atoms with Gasteiger partial charge in [0.1, 0.15) is 18.2 Å². The molecule has 0 aliphatic carbocycles. The van der Waals surface area contributed by atoms with Crippen LogP contribution < -0.4 is 9.04 Å². The monoisotopic (exact) mass is 451 g/mol. The summed E-state index contributed by atoms with van der Waals surface area (Å²) in [5, 5.41) is 0. The first kappa shape index (κ1) is 21.2. The number of rotatable bonds is 3. The van der Waals surface area contributed by atoms with Crippen LogP contribution in [0.1, 0.15) is 11.1 Å². The van der Waals surface area contributed by atoms with E-state index in [1.54, 1.807) is 37.3 Å². The molecule has 3 aromatic carbocycles. The zero-order chi connectivity index (χ0) is 22.4. The number of halogens is 4. The molecule has 0 radical (unpaired) electrons. The van der Waals surface area contributed by atoms with Crippen molar-refractivity contribution in [3.63, 3.8) is 0 Å². The highest BCUT2D eigenvalue weighted by Crippen LogP contribution is 2.40. The van der Waals surface area contributed by atoms with Crippen molar-refractivity contribution in [2.24, 2.45) is 0 Å². The lowest BCUT2D eigenvalue weighted by molar-refractivity contribution is -0.137. The first-order valence-electron chi connectivity index (χ1n) is 9.31. The van der Waals surface area contributed by atoms with E-state index >= 15 is 0 Å². The fourth-order valence-electron chi connectivity index (χ4n) is 3.49. The Hall–Kier alpha value is -3.07. The maximum atomic E-state index is 14.0. The molecule has 0 aromatic heterocycles. The maximum Gasteiger partial charge on any atom is 0.416 e. The average Bonchev–Trinajstić information content (AvgIpc) is 2.74. The van der Waals surface area contributed by atoms with Crippen LogP contribution in [0.3, 0.4) is 0 Å². The van der Waals surface area contributed by atoms with Crippen LogP contribution in [0.5, 0.6) is 5.75 Å². The summed E-state index contributed by atoms with van der Waals surface area (Å²) >= 11 is 0. The highest BCUT2D eigenvalue weighted by atomic mass is 32.2. The Morgan fingerprint density at radius 2 is 1.74 bits per heavy atom. The minimum atomic E-state index is -4.67. The largest absolute Gasteiger partial charge is 0.489 e. The number of alkyl halides is 3. The van der Waals surface area contributed by atoms with E-state index in [0.29, 0.717) is 22.8 Å². The average molecular weight is 451 g/mol. The fraction of sp³-hybridized carbons (Fsp3) is 0.182. The molecule has 0 N–H and O–H groups in total. The number of fused-ring (bicyclic) bond motifs is 1. The summed E-state index contributed by atoms with van der Waals surface area (Å²) in [5.74, 6) is -0.125. The number of benzene rings is 3. The lowest BCUT2D eigenvalue weighted by Gasteiger charge is -2.31. The van der Waals surface area contributed by atoms with Crippen molar-refractivity contribution in [3.8, 4) is 16.9 Å². The first-order chi connectivity index (χ1) is 14.6. The van der Waals surface area contributed by atoms with Crippen LogP contribution in [-0.4, -0.2) is 21.6 Å². The van der Waals surface area contributed by atoms with Crippen molar-refractivity contribution in [2.75, 3.05) is 17.5 Å². The maximum absolute atomic E-state index is 14.0. The second-order valence-corrected chi connectivity index (χ2v) is 8.91. The van der Waals surface area contributed by atoms with Gasteiger partial charge in [0.15, 0.2) is 0 Å². The second kappa shape index (κ2) is 7.56. The number of hydrogen-bond acceptors (Lipinski definition) is 3. The number of anilines is 1. The van der Waals surface area contributed by atoms with E-state index in [0.717, 1.165) is 22.5 Å². The molecule has 1 heterocycles. The van der Waals surface area contributed by atoms with Gasteiger partial charge >= 0.3 is 6.18 Å². The van der Waals surface area contributed by atoms with Gasteiger partial charge < -0.3 is 4.74 Å². The Balaban J connectivity index is 1.82. The van der Waals surface area contributed by atoms with Crippen molar-refractivity contribution < 1.29 is 30.7 Å². The van der Waals surface area contributed by atoms with Gasteiger partial charge in [-0.25, -0.2) is 12.8 Å². The van der Waals surface area contributed by atoms with Crippen molar-refractivity contribution >= 4 is 15.7 Å². The summed E-state index contributed by atoms with van der Waals surface area (Å²) in [5.41, 5.74) is 0.665. The van der Waals surface area contributed by atoms with Gasteiger partial charge in [-0.15, -0.1) is 0 Å². The molecular weight excluding hydrogens is 434 g/mol. The standard InChI is InChI=1S/C22H17F4NO3S/c1-14-18(6-3-7-19(14)23)15-8-9-21-20(12-15)27(10-11-30-21)31(28,29)17-5-2-4-16(13-17)22(24,25)26/h2-9,12-13H,10-11H2,1H3. The van der Waals surface area contributed by atoms with Gasteiger partial charge in [0, 0.05) is 0 Å². The molecular formula is C22H17F4NO3S. The van der Waals surface area contributed by atoms with E-state index in [9.17, 15) is 26.0 Å². The summed E-state index contributed by atoms with van der Waals surface area (Å²) in [7, 11) is -4.30. The van der Waals surface area contributed by atoms with Gasteiger partial charge in [0.2, 0.25) is 0 Å². The summed E-state index contributed by atoms with van der Waals surface area (Å²) in [4.78, 5) is -0.470. The molecule has 0 fully saturated rings. The fourth-order valence-corrected chi connectivity index (χ4v) is 4.99. The quantitative estimate of drug-likeness (QED) is 0.501. The molecule has 31 heavy (non-hydrogen) atoms. The Kier molecular flexibility index (Phi) is 5.17. The Bertz CT molecular complexity index is 1260. The number of ether oxygens (including phenoxy) is 1. The van der Waals surface area contributed by atoms with Crippen molar-refractivity contribution in [1.82, 2.24) is 0 Å². The van der Waals surface area contributed by atoms with E-state index in [-0.39, 0.29) is 24.6 Å².